The molecule has 104 valence electrons. The zero-order valence-corrected chi connectivity index (χ0v) is 13.0. The standard InChI is InChI=1S/C9H21N.C6H4Cl2/c1-3-5-7-9-10-8-6-4-2;7-5-3-1-2-4-6(5)8/h10H,3-9H2,1-2H3;1-4H. The first-order valence-electron chi connectivity index (χ1n) is 6.83. The van der Waals surface area contributed by atoms with E-state index in [2.05, 4.69) is 19.2 Å². The van der Waals surface area contributed by atoms with E-state index in [1.54, 1.807) is 12.1 Å². The summed E-state index contributed by atoms with van der Waals surface area (Å²) in [6.07, 6.45) is 6.68. The molecule has 0 aromatic heterocycles. The third-order valence-corrected chi connectivity index (χ3v) is 3.24. The van der Waals surface area contributed by atoms with E-state index in [1.165, 1.54) is 45.2 Å². The van der Waals surface area contributed by atoms with Crippen LogP contribution in [0, 0.1) is 0 Å². The van der Waals surface area contributed by atoms with Crippen molar-refractivity contribution in [2.24, 2.45) is 0 Å². The molecule has 0 aliphatic carbocycles. The van der Waals surface area contributed by atoms with E-state index in [0.29, 0.717) is 10.0 Å². The first kappa shape index (κ1) is 17.8. The SMILES string of the molecule is CCCCCNCCCC.Clc1ccccc1Cl. The van der Waals surface area contributed by atoms with Gasteiger partial charge >= 0.3 is 0 Å². The van der Waals surface area contributed by atoms with Gasteiger partial charge in [0.15, 0.2) is 0 Å². The van der Waals surface area contributed by atoms with Gasteiger partial charge in [-0.1, -0.05) is 68.4 Å². The van der Waals surface area contributed by atoms with Crippen molar-refractivity contribution in [3.05, 3.63) is 34.3 Å². The monoisotopic (exact) mass is 289 g/mol. The zero-order valence-electron chi connectivity index (χ0n) is 11.5. The topological polar surface area (TPSA) is 12.0 Å². The molecule has 0 bridgehead atoms. The van der Waals surface area contributed by atoms with E-state index in [4.69, 9.17) is 23.2 Å². The van der Waals surface area contributed by atoms with Crippen molar-refractivity contribution in [3.8, 4) is 0 Å². The molecule has 3 heteroatoms. The normalized spacial score (nSPS) is 9.78. The Balaban J connectivity index is 0.000000327. The Hall–Kier alpha value is -0.240. The minimum atomic E-state index is 0.606. The molecule has 0 spiro atoms. The highest BCUT2D eigenvalue weighted by atomic mass is 35.5. The summed E-state index contributed by atoms with van der Waals surface area (Å²) >= 11 is 11.2. The molecular formula is C15H25Cl2N. The van der Waals surface area contributed by atoms with Crippen molar-refractivity contribution in [2.75, 3.05) is 13.1 Å². The van der Waals surface area contributed by atoms with Crippen LogP contribution in [0.2, 0.25) is 10.0 Å². The Labute approximate surface area is 122 Å². The molecule has 0 heterocycles. The van der Waals surface area contributed by atoms with Crippen LogP contribution in [0.15, 0.2) is 24.3 Å². The summed E-state index contributed by atoms with van der Waals surface area (Å²) in [7, 11) is 0. The molecule has 1 aromatic rings. The highest BCUT2D eigenvalue weighted by Gasteiger charge is 1.89. The molecule has 0 aliphatic rings. The van der Waals surface area contributed by atoms with Crippen LogP contribution in [0.4, 0.5) is 0 Å². The van der Waals surface area contributed by atoms with E-state index >= 15 is 0 Å². The maximum Gasteiger partial charge on any atom is 0.0592 e. The molecule has 1 nitrogen and oxygen atoms in total. The second-order valence-corrected chi connectivity index (χ2v) is 5.04. The van der Waals surface area contributed by atoms with Gasteiger partial charge in [-0.3, -0.25) is 0 Å². The number of hydrogen-bond donors (Lipinski definition) is 1. The first-order valence-corrected chi connectivity index (χ1v) is 7.58. The van der Waals surface area contributed by atoms with Gasteiger partial charge in [0.05, 0.1) is 10.0 Å². The third-order valence-electron chi connectivity index (χ3n) is 2.49. The quantitative estimate of drug-likeness (QED) is 0.648. The Morgan fingerprint density at radius 3 is 1.78 bits per heavy atom. The van der Waals surface area contributed by atoms with Crippen LogP contribution in [-0.4, -0.2) is 13.1 Å². The fraction of sp³-hybridized carbons (Fsp3) is 0.600. The van der Waals surface area contributed by atoms with Crippen LogP contribution in [0.25, 0.3) is 0 Å². The largest absolute Gasteiger partial charge is 0.317 e. The average Bonchev–Trinajstić information content (AvgIpc) is 2.38. The van der Waals surface area contributed by atoms with Gasteiger partial charge in [-0.05, 0) is 38.1 Å². The molecule has 0 aliphatic heterocycles. The van der Waals surface area contributed by atoms with Crippen LogP contribution in [0.5, 0.6) is 0 Å². The summed E-state index contributed by atoms with van der Waals surface area (Å²) < 4.78 is 0. The predicted molar refractivity (Wildman–Crippen MR) is 83.8 cm³/mol. The number of nitrogens with one attached hydrogen (secondary N) is 1. The zero-order chi connectivity index (χ0) is 13.6. The number of hydrogen-bond acceptors (Lipinski definition) is 1. The summed E-state index contributed by atoms with van der Waals surface area (Å²) in [4.78, 5) is 0. The van der Waals surface area contributed by atoms with E-state index in [-0.39, 0.29) is 0 Å². The van der Waals surface area contributed by atoms with Crippen molar-refractivity contribution in [3.63, 3.8) is 0 Å². The van der Waals surface area contributed by atoms with Crippen molar-refractivity contribution in [1.82, 2.24) is 5.32 Å². The number of halogens is 2. The molecule has 0 unspecified atom stereocenters. The summed E-state index contributed by atoms with van der Waals surface area (Å²) in [6.45, 7) is 6.90. The molecule has 1 aromatic carbocycles. The molecule has 18 heavy (non-hydrogen) atoms. The maximum absolute atomic E-state index is 5.58. The Morgan fingerprint density at radius 1 is 0.833 bits per heavy atom. The van der Waals surface area contributed by atoms with E-state index < -0.39 is 0 Å². The van der Waals surface area contributed by atoms with Gasteiger partial charge in [-0.2, -0.15) is 0 Å². The number of unbranched alkanes of at least 4 members (excludes halogenated alkanes) is 3. The van der Waals surface area contributed by atoms with Gasteiger partial charge in [0, 0.05) is 0 Å². The molecule has 1 rings (SSSR count). The predicted octanol–water partition coefficient (Wildman–Crippen LogP) is 5.56. The fourth-order valence-electron chi connectivity index (χ4n) is 1.37. The second kappa shape index (κ2) is 13.2. The van der Waals surface area contributed by atoms with E-state index in [0.717, 1.165) is 0 Å². The lowest BCUT2D eigenvalue weighted by Gasteiger charge is -2.01. The van der Waals surface area contributed by atoms with Crippen molar-refractivity contribution in [2.45, 2.75) is 46.0 Å². The molecule has 0 amide bonds. The van der Waals surface area contributed by atoms with Crippen LogP contribution in [0.1, 0.15) is 46.0 Å². The van der Waals surface area contributed by atoms with Crippen LogP contribution in [0.3, 0.4) is 0 Å². The highest BCUT2D eigenvalue weighted by Crippen LogP contribution is 2.19. The van der Waals surface area contributed by atoms with Crippen LogP contribution >= 0.6 is 23.2 Å². The average molecular weight is 290 g/mol. The van der Waals surface area contributed by atoms with Gasteiger partial charge in [-0.15, -0.1) is 0 Å². The van der Waals surface area contributed by atoms with Crippen molar-refractivity contribution < 1.29 is 0 Å². The summed E-state index contributed by atoms with van der Waals surface area (Å²) in [5.41, 5.74) is 0. The van der Waals surface area contributed by atoms with Gasteiger partial charge in [0.25, 0.3) is 0 Å². The lowest BCUT2D eigenvalue weighted by Crippen LogP contribution is -2.16. The third kappa shape index (κ3) is 10.9. The summed E-state index contributed by atoms with van der Waals surface area (Å²) in [6, 6.07) is 7.19. The lowest BCUT2D eigenvalue weighted by molar-refractivity contribution is 0.595. The number of rotatable bonds is 7. The van der Waals surface area contributed by atoms with Crippen LogP contribution in [-0.2, 0) is 0 Å². The molecule has 0 saturated heterocycles. The lowest BCUT2D eigenvalue weighted by atomic mass is 10.2. The van der Waals surface area contributed by atoms with Gasteiger partial charge in [0.1, 0.15) is 0 Å². The Morgan fingerprint density at radius 2 is 1.33 bits per heavy atom. The molecule has 0 fully saturated rings. The van der Waals surface area contributed by atoms with E-state index in [1.807, 2.05) is 12.1 Å². The van der Waals surface area contributed by atoms with Gasteiger partial charge in [0.2, 0.25) is 0 Å². The molecule has 0 radical (unpaired) electrons. The molecular weight excluding hydrogens is 265 g/mol. The highest BCUT2D eigenvalue weighted by molar-refractivity contribution is 6.41. The van der Waals surface area contributed by atoms with Crippen LogP contribution < -0.4 is 5.32 Å². The second-order valence-electron chi connectivity index (χ2n) is 4.22. The molecule has 1 N–H and O–H groups in total. The minimum Gasteiger partial charge on any atom is -0.317 e. The van der Waals surface area contributed by atoms with E-state index in [9.17, 15) is 0 Å². The van der Waals surface area contributed by atoms with Gasteiger partial charge in [-0.25, -0.2) is 0 Å². The van der Waals surface area contributed by atoms with Gasteiger partial charge < -0.3 is 5.32 Å². The van der Waals surface area contributed by atoms with Crippen molar-refractivity contribution >= 4 is 23.2 Å². The number of benzene rings is 1. The first-order chi connectivity index (χ1) is 8.72. The summed E-state index contributed by atoms with van der Waals surface area (Å²) in [5.74, 6) is 0. The Kier molecular flexibility index (Phi) is 13.0. The molecule has 0 saturated carbocycles. The molecule has 0 atom stereocenters. The van der Waals surface area contributed by atoms with Crippen molar-refractivity contribution in [1.29, 1.82) is 0 Å². The maximum atomic E-state index is 5.58. The summed E-state index contributed by atoms with van der Waals surface area (Å²) in [5, 5.41) is 4.63. The smallest absolute Gasteiger partial charge is 0.0592 e. The Bertz CT molecular complexity index is 261. The fourth-order valence-corrected chi connectivity index (χ4v) is 1.64. The minimum absolute atomic E-state index is 0.606.